The van der Waals surface area contributed by atoms with Gasteiger partial charge in [-0.3, -0.25) is 4.79 Å². The minimum atomic E-state index is -1.84. The first-order valence-electron chi connectivity index (χ1n) is 15.5. The van der Waals surface area contributed by atoms with E-state index >= 15 is 0 Å². The van der Waals surface area contributed by atoms with Crippen LogP contribution in [0.1, 0.15) is 77.6 Å². The molecule has 0 aliphatic rings. The fourth-order valence-electron chi connectivity index (χ4n) is 6.03. The van der Waals surface area contributed by atoms with Gasteiger partial charge in [0.25, 0.3) is 0 Å². The molecule has 0 spiro atoms. The maximum atomic E-state index is 12.5. The molecule has 0 aliphatic carbocycles. The number of hydrogen-bond donors (Lipinski definition) is 1. The zero-order chi connectivity index (χ0) is 32.6. The predicted octanol–water partition coefficient (Wildman–Crippen LogP) is 10.6. The molecule has 1 radical (unpaired) electrons. The summed E-state index contributed by atoms with van der Waals surface area (Å²) in [4.78, 5) is 10.8. The molecule has 1 N–H and O–H groups in total. The number of carboxylic acids is 1. The van der Waals surface area contributed by atoms with Crippen LogP contribution in [-0.2, 0) is 26.5 Å². The van der Waals surface area contributed by atoms with E-state index in [1.807, 2.05) is 0 Å². The molecule has 4 aromatic carbocycles. The van der Waals surface area contributed by atoms with Crippen LogP contribution in [0, 0.1) is 5.82 Å². The summed E-state index contributed by atoms with van der Waals surface area (Å²) in [7, 11) is 0. The van der Waals surface area contributed by atoms with Crippen LogP contribution in [0.15, 0.2) is 115 Å². The van der Waals surface area contributed by atoms with Gasteiger partial charge in [0.15, 0.2) is 0 Å². The van der Waals surface area contributed by atoms with Gasteiger partial charge >= 0.3 is 205 Å². The van der Waals surface area contributed by atoms with E-state index in [9.17, 15) is 9.18 Å². The summed E-state index contributed by atoms with van der Waals surface area (Å²) < 4.78 is 16.7. The molecule has 0 saturated carbocycles. The molecule has 233 valence electrons. The van der Waals surface area contributed by atoms with Gasteiger partial charge in [-0.1, -0.05) is 12.1 Å². The number of aliphatic carboxylic acids is 1. The molecular formula is C40H50FO2Sn. The van der Waals surface area contributed by atoms with Gasteiger partial charge in [0, 0.05) is 0 Å². The van der Waals surface area contributed by atoms with Crippen molar-refractivity contribution >= 4 is 25.7 Å². The third kappa shape index (κ3) is 9.79. The van der Waals surface area contributed by atoms with Gasteiger partial charge in [0.05, 0.1) is 5.41 Å². The Morgan fingerprint density at radius 2 is 0.818 bits per heavy atom. The van der Waals surface area contributed by atoms with Gasteiger partial charge in [-0.05, 0) is 31.5 Å². The first kappa shape index (κ1) is 35.6. The van der Waals surface area contributed by atoms with Gasteiger partial charge in [-0.15, -0.1) is 0 Å². The van der Waals surface area contributed by atoms with Crippen LogP contribution >= 0.6 is 0 Å². The molecule has 4 rings (SSSR count). The fraction of sp³-hybridized carbons (Fsp3) is 0.375. The van der Waals surface area contributed by atoms with Crippen LogP contribution in [0.3, 0.4) is 0 Å². The topological polar surface area (TPSA) is 37.3 Å². The van der Waals surface area contributed by atoms with Crippen molar-refractivity contribution in [1.29, 1.82) is 0 Å². The molecule has 0 fully saturated rings. The van der Waals surface area contributed by atoms with E-state index < -0.39 is 31.1 Å². The molecule has 0 unspecified atom stereocenters. The van der Waals surface area contributed by atoms with Gasteiger partial charge in [-0.2, -0.15) is 0 Å². The number of hydrogen-bond acceptors (Lipinski definition) is 1. The van der Waals surface area contributed by atoms with Crippen LogP contribution in [0.4, 0.5) is 4.39 Å². The monoisotopic (exact) mass is 701 g/mol. The van der Waals surface area contributed by atoms with Crippen LogP contribution in [0.2, 0.25) is 13.3 Å². The molecule has 0 amide bonds. The molecule has 2 nitrogen and oxygen atoms in total. The summed E-state index contributed by atoms with van der Waals surface area (Å²) in [5, 5.41) is 8.87. The average Bonchev–Trinajstić information content (AvgIpc) is 2.98. The van der Waals surface area contributed by atoms with E-state index in [0.717, 1.165) is 0 Å². The quantitative estimate of drug-likeness (QED) is 0.158. The Morgan fingerprint density at radius 1 is 0.523 bits per heavy atom. The number of benzene rings is 4. The Hall–Kier alpha value is -2.92. The van der Waals surface area contributed by atoms with E-state index in [-0.39, 0.29) is 22.1 Å². The first-order valence-corrected chi connectivity index (χ1v) is 21.6. The van der Waals surface area contributed by atoms with Crippen LogP contribution in [-0.4, -0.2) is 30.8 Å². The third-order valence-corrected chi connectivity index (χ3v) is 20.7. The van der Waals surface area contributed by atoms with Gasteiger partial charge in [0.1, 0.15) is 5.82 Å². The average molecular weight is 701 g/mol. The number of rotatable bonds is 11. The summed E-state index contributed by atoms with van der Waals surface area (Å²) in [5.41, 5.74) is 4.80. The number of carbonyl (C=O) groups is 1. The van der Waals surface area contributed by atoms with Crippen molar-refractivity contribution in [2.24, 2.45) is 0 Å². The van der Waals surface area contributed by atoms with Crippen molar-refractivity contribution in [2.75, 3.05) is 0 Å². The van der Waals surface area contributed by atoms with E-state index in [4.69, 9.17) is 5.11 Å². The zero-order valence-corrected chi connectivity index (χ0v) is 30.7. The molecule has 44 heavy (non-hydrogen) atoms. The fourth-order valence-corrected chi connectivity index (χ4v) is 19.5. The Labute approximate surface area is 272 Å². The van der Waals surface area contributed by atoms with Crippen molar-refractivity contribution in [2.45, 2.75) is 90.4 Å². The van der Waals surface area contributed by atoms with Crippen molar-refractivity contribution < 1.29 is 14.3 Å². The summed E-state index contributed by atoms with van der Waals surface area (Å²) in [5.74, 6) is -1.27. The molecule has 0 bridgehead atoms. The normalized spacial score (nSPS) is 12.4. The second-order valence-electron chi connectivity index (χ2n) is 14.5. The van der Waals surface area contributed by atoms with E-state index in [1.165, 1.54) is 54.3 Å². The van der Waals surface area contributed by atoms with E-state index in [1.54, 1.807) is 13.8 Å². The molecule has 0 aliphatic heterocycles. The van der Waals surface area contributed by atoms with Crippen LogP contribution in [0.5, 0.6) is 0 Å². The van der Waals surface area contributed by atoms with Crippen molar-refractivity contribution in [3.63, 3.8) is 0 Å². The summed E-state index contributed by atoms with van der Waals surface area (Å²) in [6, 6.07) is 39.0. The van der Waals surface area contributed by atoms with Gasteiger partial charge in [0.2, 0.25) is 0 Å². The second kappa shape index (κ2) is 14.9. The predicted molar refractivity (Wildman–Crippen MR) is 186 cm³/mol. The minimum absolute atomic E-state index is 0.232. The summed E-state index contributed by atoms with van der Waals surface area (Å²) in [6.45, 7) is 18.0. The Balaban J connectivity index is 0.000000340. The van der Waals surface area contributed by atoms with Crippen molar-refractivity contribution in [3.05, 3.63) is 143 Å². The molecule has 4 aromatic rings. The molecule has 0 atom stereocenters. The standard InChI is InChI=1S/C10H11FO2.3C10H13.Sn/c1-10(2,9(12)13)7-3-5-8(11)6-4-7;3*1-10(2,3)9-7-5-4-6-8-9;/h3-6H,1-2H3,(H,12,13);3*4-8H,1H2,2-3H3;. The molecular weight excluding hydrogens is 650 g/mol. The van der Waals surface area contributed by atoms with Gasteiger partial charge < -0.3 is 5.11 Å². The van der Waals surface area contributed by atoms with Crippen LogP contribution < -0.4 is 0 Å². The first-order chi connectivity index (χ1) is 20.5. The Kier molecular flexibility index (Phi) is 12.0. The van der Waals surface area contributed by atoms with Crippen LogP contribution in [0.25, 0.3) is 0 Å². The van der Waals surface area contributed by atoms with E-state index in [0.29, 0.717) is 5.56 Å². The number of carboxylic acid groups (broad SMARTS) is 1. The Bertz CT molecular complexity index is 1320. The molecule has 0 aromatic heterocycles. The number of halogens is 1. The SMILES string of the molecule is CC(C)(C(=O)O)c1ccc(F)cc1.CC(C)([CH2][Sn]([CH2]C(C)(C)c1ccccc1)[CH2]C(C)(C)c1ccccc1)c1ccccc1. The summed E-state index contributed by atoms with van der Waals surface area (Å²) >= 11 is -1.84. The zero-order valence-electron chi connectivity index (χ0n) is 27.8. The van der Waals surface area contributed by atoms with E-state index in [2.05, 4.69) is 133 Å². The molecule has 0 heterocycles. The van der Waals surface area contributed by atoms with Crippen molar-refractivity contribution in [3.8, 4) is 0 Å². The Morgan fingerprint density at radius 3 is 1.09 bits per heavy atom. The molecule has 0 saturated heterocycles. The molecule has 4 heteroatoms. The van der Waals surface area contributed by atoms with Crippen molar-refractivity contribution in [1.82, 2.24) is 0 Å². The summed E-state index contributed by atoms with van der Waals surface area (Å²) in [6.07, 6.45) is 0. The second-order valence-corrected chi connectivity index (χ2v) is 21.8. The third-order valence-electron chi connectivity index (χ3n) is 8.84. The maximum absolute atomic E-state index is 12.5. The van der Waals surface area contributed by atoms with Gasteiger partial charge in [-0.25, -0.2) is 4.39 Å².